The third-order valence-corrected chi connectivity index (χ3v) is 4.58. The Kier molecular flexibility index (Phi) is 4.85. The number of nitrogens with zero attached hydrogens (tertiary/aromatic N) is 1. The number of hydrogen-bond acceptors (Lipinski definition) is 6. The van der Waals surface area contributed by atoms with Gasteiger partial charge in [0.05, 0.1) is 7.11 Å². The first-order chi connectivity index (χ1) is 10.8. The second-order valence-corrected chi connectivity index (χ2v) is 6.35. The third-order valence-electron chi connectivity index (χ3n) is 2.99. The fourth-order valence-corrected chi connectivity index (χ4v) is 3.27. The second-order valence-electron chi connectivity index (χ2n) is 4.73. The molecule has 1 heterocycles. The van der Waals surface area contributed by atoms with Gasteiger partial charge in [0.2, 0.25) is 0 Å². The number of sulfonamides is 1. The molecule has 0 saturated carbocycles. The molecule has 0 atom stereocenters. The van der Waals surface area contributed by atoms with E-state index in [0.29, 0.717) is 11.3 Å². The van der Waals surface area contributed by atoms with Crippen LogP contribution in [0.3, 0.4) is 0 Å². The van der Waals surface area contributed by atoms with Gasteiger partial charge in [-0.25, -0.2) is 13.1 Å². The molecule has 1 amide bonds. The van der Waals surface area contributed by atoms with Gasteiger partial charge in [0.1, 0.15) is 11.4 Å². The fraction of sp³-hybridized carbons (Fsp3) is 0.200. The lowest BCUT2D eigenvalue weighted by atomic mass is 10.2. The molecule has 0 saturated heterocycles. The van der Waals surface area contributed by atoms with Crippen molar-refractivity contribution in [1.29, 1.82) is 0 Å². The number of nitrogens with one attached hydrogen (secondary N) is 1. The van der Waals surface area contributed by atoms with E-state index in [4.69, 9.17) is 9.26 Å². The maximum absolute atomic E-state index is 12.2. The summed E-state index contributed by atoms with van der Waals surface area (Å²) >= 11 is 0. The molecule has 2 rings (SSSR count). The first-order valence-electron chi connectivity index (χ1n) is 6.65. The predicted molar refractivity (Wildman–Crippen MR) is 83.3 cm³/mol. The highest BCUT2D eigenvalue weighted by Crippen LogP contribution is 2.18. The topological polar surface area (TPSA) is 98.5 Å². The molecular weight excluding hydrogens is 320 g/mol. The van der Waals surface area contributed by atoms with Crippen molar-refractivity contribution < 1.29 is 22.5 Å². The zero-order valence-electron chi connectivity index (χ0n) is 12.9. The Balaban J connectivity index is 2.14. The molecule has 8 heteroatoms. The summed E-state index contributed by atoms with van der Waals surface area (Å²) in [5.41, 5.74) is 0.897. The Bertz CT molecular complexity index is 833. The van der Waals surface area contributed by atoms with E-state index >= 15 is 0 Å². The van der Waals surface area contributed by atoms with Gasteiger partial charge in [0.25, 0.3) is 15.9 Å². The van der Waals surface area contributed by atoms with Crippen LogP contribution in [0.15, 0.2) is 39.8 Å². The van der Waals surface area contributed by atoms with Gasteiger partial charge in [0.15, 0.2) is 10.7 Å². The van der Waals surface area contributed by atoms with Crippen molar-refractivity contribution in [2.75, 3.05) is 7.11 Å². The quantitative estimate of drug-likeness (QED) is 0.836. The van der Waals surface area contributed by atoms with Crippen LogP contribution in [0.4, 0.5) is 0 Å². The summed E-state index contributed by atoms with van der Waals surface area (Å²) in [6.07, 6.45) is 2.62. The fourth-order valence-electron chi connectivity index (χ4n) is 1.99. The van der Waals surface area contributed by atoms with Crippen molar-refractivity contribution in [3.63, 3.8) is 0 Å². The van der Waals surface area contributed by atoms with E-state index in [0.717, 1.165) is 6.08 Å². The Morgan fingerprint density at radius 2 is 2.09 bits per heavy atom. The highest BCUT2D eigenvalue weighted by atomic mass is 32.2. The Hall–Kier alpha value is -2.61. The molecule has 1 N–H and O–H groups in total. The average Bonchev–Trinajstić information content (AvgIpc) is 2.84. The van der Waals surface area contributed by atoms with Gasteiger partial charge in [-0.1, -0.05) is 17.3 Å². The normalized spacial score (nSPS) is 11.6. The first kappa shape index (κ1) is 16.8. The van der Waals surface area contributed by atoms with Crippen molar-refractivity contribution in [3.8, 4) is 5.75 Å². The van der Waals surface area contributed by atoms with Crippen LogP contribution in [-0.4, -0.2) is 26.6 Å². The van der Waals surface area contributed by atoms with Crippen molar-refractivity contribution in [3.05, 3.63) is 47.4 Å². The van der Waals surface area contributed by atoms with Crippen LogP contribution in [0, 0.1) is 13.8 Å². The minimum Gasteiger partial charge on any atom is -0.497 e. The lowest BCUT2D eigenvalue weighted by Crippen LogP contribution is -2.29. The minimum absolute atomic E-state index is 0.124. The summed E-state index contributed by atoms with van der Waals surface area (Å²) in [4.78, 5) is 11.7. The van der Waals surface area contributed by atoms with Crippen LogP contribution in [0.1, 0.15) is 17.0 Å². The molecule has 0 aliphatic heterocycles. The van der Waals surface area contributed by atoms with Crippen LogP contribution in [0.2, 0.25) is 0 Å². The van der Waals surface area contributed by atoms with Crippen LogP contribution in [0.25, 0.3) is 6.08 Å². The van der Waals surface area contributed by atoms with Gasteiger partial charge in [-0.05, 0) is 37.6 Å². The number of benzene rings is 1. The summed E-state index contributed by atoms with van der Waals surface area (Å²) in [7, 11) is -2.49. The number of rotatable bonds is 5. The van der Waals surface area contributed by atoms with Crippen molar-refractivity contribution in [1.82, 2.24) is 9.88 Å². The van der Waals surface area contributed by atoms with Crippen molar-refractivity contribution in [2.45, 2.75) is 18.7 Å². The zero-order chi connectivity index (χ0) is 17.0. The molecule has 0 radical (unpaired) electrons. The van der Waals surface area contributed by atoms with Gasteiger partial charge in [-0.3, -0.25) is 4.79 Å². The monoisotopic (exact) mass is 336 g/mol. The van der Waals surface area contributed by atoms with Crippen LogP contribution < -0.4 is 9.46 Å². The minimum atomic E-state index is -4.03. The lowest BCUT2D eigenvalue weighted by molar-refractivity contribution is -0.114. The number of carbonyl (C=O) groups is 1. The van der Waals surface area contributed by atoms with Crippen LogP contribution in [0.5, 0.6) is 5.75 Å². The second kappa shape index (κ2) is 6.66. The number of aromatic nitrogens is 1. The molecule has 0 bridgehead atoms. The molecule has 2 aromatic rings. The van der Waals surface area contributed by atoms with Gasteiger partial charge < -0.3 is 9.26 Å². The molecule has 0 unspecified atom stereocenters. The van der Waals surface area contributed by atoms with Gasteiger partial charge in [-0.15, -0.1) is 0 Å². The van der Waals surface area contributed by atoms with E-state index < -0.39 is 15.9 Å². The lowest BCUT2D eigenvalue weighted by Gasteiger charge is -2.04. The number of carbonyl (C=O) groups excluding carboxylic acids is 1. The molecule has 0 fully saturated rings. The van der Waals surface area contributed by atoms with Crippen LogP contribution in [-0.2, 0) is 14.8 Å². The summed E-state index contributed by atoms with van der Waals surface area (Å²) in [6, 6.07) is 7.00. The summed E-state index contributed by atoms with van der Waals surface area (Å²) < 4.78 is 36.2. The Labute approximate surface area is 134 Å². The molecule has 0 spiro atoms. The smallest absolute Gasteiger partial charge is 0.269 e. The van der Waals surface area contributed by atoms with Crippen molar-refractivity contribution in [2.24, 2.45) is 0 Å². The molecule has 7 nitrogen and oxygen atoms in total. The Morgan fingerprint density at radius 3 is 2.70 bits per heavy atom. The largest absolute Gasteiger partial charge is 0.497 e. The number of aryl methyl sites for hydroxylation is 2. The molecule has 1 aromatic carbocycles. The maximum Gasteiger partial charge on any atom is 0.269 e. The van der Waals surface area contributed by atoms with E-state index in [9.17, 15) is 13.2 Å². The first-order valence-corrected chi connectivity index (χ1v) is 8.13. The molecule has 0 aliphatic carbocycles. The molecule has 23 heavy (non-hydrogen) atoms. The van der Waals surface area contributed by atoms with E-state index in [1.165, 1.54) is 27.0 Å². The number of hydrogen-bond donors (Lipinski definition) is 1. The highest BCUT2D eigenvalue weighted by Gasteiger charge is 2.25. The number of ether oxygens (including phenoxy) is 1. The SMILES string of the molecule is COc1cccc(C=CC(=O)NS(=O)(=O)c2c(C)noc2C)c1. The van der Waals surface area contributed by atoms with E-state index in [1.54, 1.807) is 24.3 Å². The van der Waals surface area contributed by atoms with Gasteiger partial charge in [0, 0.05) is 6.08 Å². The number of amides is 1. The summed E-state index contributed by atoms with van der Waals surface area (Å²) in [6.45, 7) is 2.95. The molecule has 122 valence electrons. The molecule has 1 aromatic heterocycles. The average molecular weight is 336 g/mol. The zero-order valence-corrected chi connectivity index (χ0v) is 13.7. The van der Waals surface area contributed by atoms with E-state index in [2.05, 4.69) is 5.16 Å². The Morgan fingerprint density at radius 1 is 1.35 bits per heavy atom. The summed E-state index contributed by atoms with van der Waals surface area (Å²) in [5, 5.41) is 3.57. The summed E-state index contributed by atoms with van der Waals surface area (Å²) in [5.74, 6) is -0.0108. The number of methoxy groups -OCH3 is 1. The molecular formula is C15H16N2O5S. The highest BCUT2D eigenvalue weighted by molar-refractivity contribution is 7.90. The van der Waals surface area contributed by atoms with E-state index in [1.807, 2.05) is 4.72 Å². The standard InChI is InChI=1S/C15H16N2O5S/c1-10-15(11(2)22-16-10)23(19,20)17-14(18)8-7-12-5-4-6-13(9-12)21-3/h4-9H,1-3H3,(H,17,18). The van der Waals surface area contributed by atoms with E-state index in [-0.39, 0.29) is 16.3 Å². The van der Waals surface area contributed by atoms with Crippen LogP contribution >= 0.6 is 0 Å². The van der Waals surface area contributed by atoms with Gasteiger partial charge in [-0.2, -0.15) is 0 Å². The third kappa shape index (κ3) is 3.98. The van der Waals surface area contributed by atoms with Crippen molar-refractivity contribution >= 4 is 22.0 Å². The molecule has 0 aliphatic rings. The predicted octanol–water partition coefficient (Wildman–Crippen LogP) is 1.82. The maximum atomic E-state index is 12.2. The van der Waals surface area contributed by atoms with Gasteiger partial charge >= 0.3 is 0 Å².